The molecule has 1 nitrogen and oxygen atoms in total. The fourth-order valence-electron chi connectivity index (χ4n) is 2.81. The molecular weight excluding hydrogens is 450 g/mol. The lowest BCUT2D eigenvalue weighted by Crippen LogP contribution is -2.02. The van der Waals surface area contributed by atoms with E-state index < -0.39 is 7.25 Å². The van der Waals surface area contributed by atoms with Crippen LogP contribution in [-0.2, 0) is 0 Å². The first-order valence-electron chi connectivity index (χ1n) is 9.12. The van der Waals surface area contributed by atoms with E-state index in [9.17, 15) is 17.3 Å². The third-order valence-electron chi connectivity index (χ3n) is 4.16. The van der Waals surface area contributed by atoms with E-state index in [-0.39, 0.29) is 0 Å². The van der Waals surface area contributed by atoms with Crippen LogP contribution in [0.2, 0.25) is 10.0 Å². The van der Waals surface area contributed by atoms with Crippen LogP contribution in [0, 0.1) is 0 Å². The van der Waals surface area contributed by atoms with Gasteiger partial charge in [-0.05, 0) is 54.1 Å². The molecule has 0 aliphatic rings. The average molecular weight is 465 g/mol. The molecule has 8 heteroatoms. The van der Waals surface area contributed by atoms with Crippen LogP contribution in [0.3, 0.4) is 0 Å². The summed E-state index contributed by atoms with van der Waals surface area (Å²) in [6, 6.07) is 29.7. The summed E-state index contributed by atoms with van der Waals surface area (Å²) in [6.45, 7) is 0. The molecule has 1 aromatic heterocycles. The third-order valence-corrected chi connectivity index (χ3v) is 4.66. The van der Waals surface area contributed by atoms with Crippen molar-refractivity contribution in [2.45, 2.75) is 0 Å². The number of hydrogen-bond donors (Lipinski definition) is 0. The molecule has 158 valence electrons. The van der Waals surface area contributed by atoms with Crippen LogP contribution in [0.5, 0.6) is 0 Å². The molecule has 0 amide bonds. The molecule has 0 N–H and O–H groups in total. The van der Waals surface area contributed by atoms with Crippen LogP contribution in [0.25, 0.3) is 33.8 Å². The first-order valence-corrected chi connectivity index (χ1v) is 9.87. The van der Waals surface area contributed by atoms with Crippen molar-refractivity contribution < 1.29 is 21.7 Å². The molecule has 0 bridgehead atoms. The Kier molecular flexibility index (Phi) is 7.36. The van der Waals surface area contributed by atoms with Gasteiger partial charge in [0.25, 0.3) is 0 Å². The molecule has 0 saturated carbocycles. The van der Waals surface area contributed by atoms with Gasteiger partial charge in [-0.1, -0.05) is 53.5 Å². The van der Waals surface area contributed by atoms with Crippen LogP contribution in [-0.4, -0.2) is 7.25 Å². The predicted molar refractivity (Wildman–Crippen MR) is 120 cm³/mol. The molecule has 3 aromatic carbocycles. The second kappa shape index (κ2) is 9.99. The topological polar surface area (TPSA) is 11.3 Å². The van der Waals surface area contributed by atoms with Crippen molar-refractivity contribution in [3.05, 3.63) is 101 Å². The maximum Gasteiger partial charge on any atom is 0.673 e. The van der Waals surface area contributed by atoms with Gasteiger partial charge >= 0.3 is 18.8 Å². The van der Waals surface area contributed by atoms with Gasteiger partial charge < -0.3 is 17.3 Å². The van der Waals surface area contributed by atoms with E-state index in [0.717, 1.165) is 33.8 Å². The lowest BCUT2D eigenvalue weighted by atomic mass is 10.0. The largest absolute Gasteiger partial charge is 0.673 e. The summed E-state index contributed by atoms with van der Waals surface area (Å²) in [4.78, 5) is 0. The van der Waals surface area contributed by atoms with Gasteiger partial charge in [0.15, 0.2) is 0 Å². The van der Waals surface area contributed by atoms with Crippen molar-refractivity contribution in [3.63, 3.8) is 0 Å². The van der Waals surface area contributed by atoms with E-state index in [4.69, 9.17) is 27.6 Å². The Hall–Kier alpha value is -2.83. The molecule has 31 heavy (non-hydrogen) atoms. The Balaban J connectivity index is 0.000000491. The zero-order valence-corrected chi connectivity index (χ0v) is 17.4. The molecule has 0 aliphatic carbocycles. The number of halogens is 6. The summed E-state index contributed by atoms with van der Waals surface area (Å²) in [5.41, 5.74) is 4.17. The Morgan fingerprint density at radius 1 is 0.516 bits per heavy atom. The molecule has 0 unspecified atom stereocenters. The minimum Gasteiger partial charge on any atom is -0.418 e. The number of rotatable bonds is 3. The van der Waals surface area contributed by atoms with E-state index in [2.05, 4.69) is 24.3 Å². The van der Waals surface area contributed by atoms with Crippen molar-refractivity contribution >= 4 is 30.5 Å². The van der Waals surface area contributed by atoms with E-state index in [1.807, 2.05) is 66.7 Å². The quantitative estimate of drug-likeness (QED) is 0.167. The zero-order chi connectivity index (χ0) is 22.4. The van der Waals surface area contributed by atoms with Crippen molar-refractivity contribution in [2.24, 2.45) is 0 Å². The number of benzene rings is 3. The van der Waals surface area contributed by atoms with Gasteiger partial charge in [-0.3, -0.25) is 0 Å². The van der Waals surface area contributed by atoms with Crippen molar-refractivity contribution in [1.82, 2.24) is 0 Å². The van der Waals surface area contributed by atoms with Gasteiger partial charge in [0.1, 0.15) is 0 Å². The monoisotopic (exact) mass is 464 g/mol. The number of hydrogen-bond acceptors (Lipinski definition) is 0. The molecular formula is C23H15BCl2F4O. The highest BCUT2D eigenvalue weighted by Crippen LogP contribution is 2.33. The minimum atomic E-state index is -6.00. The fraction of sp³-hybridized carbons (Fsp3) is 0. The summed E-state index contributed by atoms with van der Waals surface area (Å²) < 4.78 is 45.2. The molecule has 0 fully saturated rings. The Morgan fingerprint density at radius 3 is 1.29 bits per heavy atom. The maximum atomic E-state index is 9.75. The van der Waals surface area contributed by atoms with E-state index in [1.54, 1.807) is 0 Å². The van der Waals surface area contributed by atoms with Gasteiger partial charge in [0.05, 0.1) is 23.3 Å². The van der Waals surface area contributed by atoms with E-state index in [1.165, 1.54) is 0 Å². The van der Waals surface area contributed by atoms with Gasteiger partial charge in [-0.25, -0.2) is 4.42 Å². The fourth-order valence-corrected chi connectivity index (χ4v) is 3.06. The molecule has 0 atom stereocenters. The van der Waals surface area contributed by atoms with Crippen LogP contribution < -0.4 is 0 Å². The van der Waals surface area contributed by atoms with Crippen LogP contribution in [0.15, 0.2) is 95.4 Å². The van der Waals surface area contributed by atoms with Crippen LogP contribution >= 0.6 is 23.2 Å². The standard InChI is InChI=1S/C23H15Cl2O.BF4/c24-20-10-6-17(7-11-20)22-14-19(16-4-2-1-3-5-16)15-23(26-22)18-8-12-21(25)13-9-18;2-1(3,4)5/h1-15H;/q+1;-1. The maximum absolute atomic E-state index is 9.75. The SMILES string of the molecule is Clc1ccc(-c2cc(-c3ccccc3)cc(-c3ccc(Cl)cc3)[o+]2)cc1.F[B-](F)(F)F. The van der Waals surface area contributed by atoms with Crippen molar-refractivity contribution in [1.29, 1.82) is 0 Å². The lowest BCUT2D eigenvalue weighted by Gasteiger charge is -2.02. The molecule has 0 radical (unpaired) electrons. The highest BCUT2D eigenvalue weighted by molar-refractivity contribution is 6.50. The molecule has 1 heterocycles. The summed E-state index contributed by atoms with van der Waals surface area (Å²) in [6.07, 6.45) is 0. The Morgan fingerprint density at radius 2 is 0.903 bits per heavy atom. The third kappa shape index (κ3) is 7.12. The molecule has 0 spiro atoms. The smallest absolute Gasteiger partial charge is 0.418 e. The predicted octanol–water partition coefficient (Wildman–Crippen LogP) is 9.17. The van der Waals surface area contributed by atoms with E-state index in [0.29, 0.717) is 10.0 Å². The highest BCUT2D eigenvalue weighted by Gasteiger charge is 2.21. The second-order valence-corrected chi connectivity index (χ2v) is 7.32. The first-order chi connectivity index (χ1) is 14.7. The molecule has 0 aliphatic heterocycles. The van der Waals surface area contributed by atoms with Gasteiger partial charge in [-0.2, -0.15) is 0 Å². The minimum absolute atomic E-state index is 0.700. The van der Waals surface area contributed by atoms with Gasteiger partial charge in [0.2, 0.25) is 0 Å². The lowest BCUT2D eigenvalue weighted by molar-refractivity contribution is 0.368. The highest BCUT2D eigenvalue weighted by atomic mass is 35.5. The molecule has 0 saturated heterocycles. The second-order valence-electron chi connectivity index (χ2n) is 6.45. The van der Waals surface area contributed by atoms with Crippen LogP contribution in [0.4, 0.5) is 17.3 Å². The molecule has 4 rings (SSSR count). The summed E-state index contributed by atoms with van der Waals surface area (Å²) in [5.74, 6) is 1.57. The molecule has 4 aromatic rings. The Labute approximate surface area is 187 Å². The summed E-state index contributed by atoms with van der Waals surface area (Å²) in [5, 5.41) is 1.40. The summed E-state index contributed by atoms with van der Waals surface area (Å²) >= 11 is 12.1. The zero-order valence-electron chi connectivity index (χ0n) is 15.9. The van der Waals surface area contributed by atoms with Gasteiger partial charge in [-0.15, -0.1) is 0 Å². The van der Waals surface area contributed by atoms with E-state index >= 15 is 0 Å². The Bertz CT molecular complexity index is 1060. The van der Waals surface area contributed by atoms with Crippen molar-refractivity contribution in [2.75, 3.05) is 0 Å². The normalized spacial score (nSPS) is 10.9. The van der Waals surface area contributed by atoms with Gasteiger partial charge in [0, 0.05) is 15.6 Å². The van der Waals surface area contributed by atoms with Crippen molar-refractivity contribution in [3.8, 4) is 33.8 Å². The first kappa shape index (κ1) is 22.9. The summed E-state index contributed by atoms with van der Waals surface area (Å²) in [7, 11) is -6.00. The van der Waals surface area contributed by atoms with Crippen LogP contribution in [0.1, 0.15) is 0 Å². The average Bonchev–Trinajstić information content (AvgIpc) is 2.74.